The Bertz CT molecular complexity index is 1270. The predicted molar refractivity (Wildman–Crippen MR) is 116 cm³/mol. The molecular formula is C22H22N6O3. The minimum atomic E-state index is -0.616. The molecule has 9 nitrogen and oxygen atoms in total. The van der Waals surface area contributed by atoms with Gasteiger partial charge in [-0.1, -0.05) is 18.2 Å². The van der Waals surface area contributed by atoms with Crippen molar-refractivity contribution in [2.75, 3.05) is 12.4 Å². The summed E-state index contributed by atoms with van der Waals surface area (Å²) < 4.78 is 8.16. The van der Waals surface area contributed by atoms with E-state index in [0.29, 0.717) is 34.4 Å². The van der Waals surface area contributed by atoms with Crippen LogP contribution in [0, 0.1) is 0 Å². The normalized spacial score (nSPS) is 10.9. The zero-order valence-corrected chi connectivity index (χ0v) is 17.5. The van der Waals surface area contributed by atoms with E-state index >= 15 is 0 Å². The Hall–Kier alpha value is -4.01. The van der Waals surface area contributed by atoms with Crippen LogP contribution in [0.15, 0.2) is 48.9 Å². The molecule has 9 heteroatoms. The molecule has 0 atom stereocenters. The van der Waals surface area contributed by atoms with Crippen LogP contribution in [-0.2, 0) is 17.8 Å². The lowest BCUT2D eigenvalue weighted by molar-refractivity contribution is 0.0594. The molecule has 1 N–H and O–H groups in total. The van der Waals surface area contributed by atoms with Crippen LogP contribution < -0.4 is 5.32 Å². The number of aryl methyl sites for hydroxylation is 2. The SMILES string of the molecule is CCn1cc(-c2cc(C(=O)Nc3cn(CC)nc3C(=O)OC)c3ccccc3n2)cn1. The summed E-state index contributed by atoms with van der Waals surface area (Å²) in [6.07, 6.45) is 5.22. The molecule has 1 aromatic carbocycles. The largest absolute Gasteiger partial charge is 0.464 e. The van der Waals surface area contributed by atoms with Gasteiger partial charge in [0.25, 0.3) is 5.91 Å². The molecule has 0 fully saturated rings. The first-order valence-electron chi connectivity index (χ1n) is 9.93. The number of anilines is 1. The highest BCUT2D eigenvalue weighted by molar-refractivity contribution is 6.14. The van der Waals surface area contributed by atoms with E-state index in [9.17, 15) is 9.59 Å². The number of fused-ring (bicyclic) bond motifs is 1. The molecule has 3 heterocycles. The van der Waals surface area contributed by atoms with Crippen LogP contribution >= 0.6 is 0 Å². The number of para-hydroxylation sites is 1. The lowest BCUT2D eigenvalue weighted by Gasteiger charge is -2.09. The van der Waals surface area contributed by atoms with Gasteiger partial charge in [-0.15, -0.1) is 0 Å². The number of esters is 1. The van der Waals surface area contributed by atoms with Gasteiger partial charge in [-0.05, 0) is 26.0 Å². The molecule has 0 spiro atoms. The minimum Gasteiger partial charge on any atom is -0.464 e. The maximum atomic E-state index is 13.3. The van der Waals surface area contributed by atoms with E-state index in [0.717, 1.165) is 12.1 Å². The van der Waals surface area contributed by atoms with E-state index in [4.69, 9.17) is 9.72 Å². The van der Waals surface area contributed by atoms with Crippen molar-refractivity contribution in [3.63, 3.8) is 0 Å². The molecule has 0 aliphatic heterocycles. The maximum absolute atomic E-state index is 13.3. The molecule has 0 aliphatic carbocycles. The van der Waals surface area contributed by atoms with Gasteiger partial charge in [-0.3, -0.25) is 14.2 Å². The Morgan fingerprint density at radius 1 is 1.10 bits per heavy atom. The lowest BCUT2D eigenvalue weighted by Crippen LogP contribution is -2.15. The lowest BCUT2D eigenvalue weighted by atomic mass is 10.0. The number of ether oxygens (including phenoxy) is 1. The third-order valence-corrected chi connectivity index (χ3v) is 4.93. The maximum Gasteiger partial charge on any atom is 0.360 e. The van der Waals surface area contributed by atoms with E-state index in [-0.39, 0.29) is 11.6 Å². The quantitative estimate of drug-likeness (QED) is 0.482. The zero-order valence-electron chi connectivity index (χ0n) is 17.5. The van der Waals surface area contributed by atoms with Crippen LogP contribution in [0.2, 0.25) is 0 Å². The Kier molecular flexibility index (Phi) is 5.48. The second-order valence-corrected chi connectivity index (χ2v) is 6.85. The Labute approximate surface area is 178 Å². The number of pyridine rings is 1. The summed E-state index contributed by atoms with van der Waals surface area (Å²) in [6, 6.07) is 9.15. The highest BCUT2D eigenvalue weighted by atomic mass is 16.5. The summed E-state index contributed by atoms with van der Waals surface area (Å²) in [5.74, 6) is -0.988. The van der Waals surface area contributed by atoms with Crippen LogP contribution in [0.4, 0.5) is 5.69 Å². The van der Waals surface area contributed by atoms with E-state index in [1.54, 1.807) is 27.8 Å². The summed E-state index contributed by atoms with van der Waals surface area (Å²) in [6.45, 7) is 5.17. The number of carbonyl (C=O) groups excluding carboxylic acids is 2. The molecule has 1 amide bonds. The highest BCUT2D eigenvalue weighted by Gasteiger charge is 2.21. The summed E-state index contributed by atoms with van der Waals surface area (Å²) in [4.78, 5) is 30.1. The predicted octanol–water partition coefficient (Wildman–Crippen LogP) is 3.37. The first-order valence-corrected chi connectivity index (χ1v) is 9.93. The van der Waals surface area contributed by atoms with Crippen molar-refractivity contribution in [3.8, 4) is 11.3 Å². The number of nitrogens with zero attached hydrogens (tertiary/aromatic N) is 5. The number of hydrogen-bond acceptors (Lipinski definition) is 6. The molecule has 0 bridgehead atoms. The van der Waals surface area contributed by atoms with Crippen molar-refractivity contribution >= 4 is 28.5 Å². The summed E-state index contributed by atoms with van der Waals surface area (Å²) in [5.41, 5.74) is 2.92. The second-order valence-electron chi connectivity index (χ2n) is 6.85. The molecular weight excluding hydrogens is 396 g/mol. The van der Waals surface area contributed by atoms with Crippen LogP contribution in [0.25, 0.3) is 22.2 Å². The third-order valence-electron chi connectivity index (χ3n) is 4.93. The molecule has 4 aromatic rings. The van der Waals surface area contributed by atoms with Crippen LogP contribution in [0.5, 0.6) is 0 Å². The van der Waals surface area contributed by atoms with Gasteiger partial charge in [0, 0.05) is 36.4 Å². The molecule has 0 saturated carbocycles. The van der Waals surface area contributed by atoms with Gasteiger partial charge in [0.15, 0.2) is 5.69 Å². The van der Waals surface area contributed by atoms with Crippen molar-refractivity contribution < 1.29 is 14.3 Å². The first-order chi connectivity index (χ1) is 15.0. The molecule has 0 saturated heterocycles. The summed E-state index contributed by atoms with van der Waals surface area (Å²) in [5, 5.41) is 12.0. The minimum absolute atomic E-state index is 0.0560. The Morgan fingerprint density at radius 2 is 1.87 bits per heavy atom. The van der Waals surface area contributed by atoms with Crippen LogP contribution in [-0.4, -0.2) is 43.5 Å². The van der Waals surface area contributed by atoms with Gasteiger partial charge >= 0.3 is 5.97 Å². The van der Waals surface area contributed by atoms with Crippen molar-refractivity contribution in [2.24, 2.45) is 0 Å². The first kappa shape index (κ1) is 20.3. The van der Waals surface area contributed by atoms with E-state index < -0.39 is 5.97 Å². The third kappa shape index (κ3) is 3.89. The zero-order chi connectivity index (χ0) is 22.0. The van der Waals surface area contributed by atoms with Gasteiger partial charge in [-0.25, -0.2) is 9.78 Å². The standard InChI is InChI=1S/C22H22N6O3/c1-4-27-12-14(11-23-27)18-10-16(15-8-6-7-9-17(15)24-18)21(29)25-19-13-28(5-2)26-20(19)22(30)31-3/h6-13H,4-5H2,1-3H3,(H,25,29). The molecule has 3 aromatic heterocycles. The number of methoxy groups -OCH3 is 1. The van der Waals surface area contributed by atoms with E-state index in [1.807, 2.05) is 44.3 Å². The number of carbonyl (C=O) groups is 2. The van der Waals surface area contributed by atoms with Gasteiger partial charge < -0.3 is 10.1 Å². The molecule has 4 rings (SSSR count). The van der Waals surface area contributed by atoms with Gasteiger partial charge in [0.05, 0.1) is 35.8 Å². The van der Waals surface area contributed by atoms with Crippen LogP contribution in [0.1, 0.15) is 34.7 Å². The Balaban J connectivity index is 1.77. The average molecular weight is 418 g/mol. The molecule has 31 heavy (non-hydrogen) atoms. The van der Waals surface area contributed by atoms with Gasteiger partial charge in [0.1, 0.15) is 0 Å². The van der Waals surface area contributed by atoms with E-state index in [1.165, 1.54) is 7.11 Å². The fourth-order valence-electron chi connectivity index (χ4n) is 3.29. The van der Waals surface area contributed by atoms with E-state index in [2.05, 4.69) is 15.5 Å². The van der Waals surface area contributed by atoms with Crippen molar-refractivity contribution in [1.82, 2.24) is 24.5 Å². The topological polar surface area (TPSA) is 104 Å². The number of amides is 1. The number of nitrogens with one attached hydrogen (secondary N) is 1. The fourth-order valence-corrected chi connectivity index (χ4v) is 3.29. The monoisotopic (exact) mass is 418 g/mol. The molecule has 0 unspecified atom stereocenters. The summed E-state index contributed by atoms with van der Waals surface area (Å²) in [7, 11) is 1.28. The number of hydrogen-bond donors (Lipinski definition) is 1. The number of aromatic nitrogens is 5. The number of rotatable bonds is 6. The Morgan fingerprint density at radius 3 is 2.58 bits per heavy atom. The smallest absolute Gasteiger partial charge is 0.360 e. The van der Waals surface area contributed by atoms with Crippen molar-refractivity contribution in [1.29, 1.82) is 0 Å². The fraction of sp³-hybridized carbons (Fsp3) is 0.227. The molecule has 0 radical (unpaired) electrons. The average Bonchev–Trinajstić information content (AvgIpc) is 3.44. The second kappa shape index (κ2) is 8.39. The highest BCUT2D eigenvalue weighted by Crippen LogP contribution is 2.26. The molecule has 158 valence electrons. The van der Waals surface area contributed by atoms with Crippen molar-refractivity contribution in [3.05, 3.63) is 60.2 Å². The van der Waals surface area contributed by atoms with Crippen LogP contribution in [0.3, 0.4) is 0 Å². The van der Waals surface area contributed by atoms with Gasteiger partial charge in [-0.2, -0.15) is 10.2 Å². The summed E-state index contributed by atoms with van der Waals surface area (Å²) >= 11 is 0. The van der Waals surface area contributed by atoms with Gasteiger partial charge in [0.2, 0.25) is 0 Å². The molecule has 0 aliphatic rings. The number of benzene rings is 1. The van der Waals surface area contributed by atoms with Crippen molar-refractivity contribution in [2.45, 2.75) is 26.9 Å².